The summed E-state index contributed by atoms with van der Waals surface area (Å²) < 4.78 is 26.7. The van der Waals surface area contributed by atoms with E-state index in [1.165, 1.54) is 18.3 Å². The number of benzene rings is 1. The highest BCUT2D eigenvalue weighted by Crippen LogP contribution is 2.31. The molecular formula is C20H20N2O5S. The largest absolute Gasteiger partial charge is 0.296 e. The second-order valence-corrected chi connectivity index (χ2v) is 8.43. The van der Waals surface area contributed by atoms with Gasteiger partial charge in [0.25, 0.3) is 10.0 Å². The fraction of sp³-hybridized carbons (Fsp3) is 0.300. The summed E-state index contributed by atoms with van der Waals surface area (Å²) in [7, 11) is -3.90. The molecule has 1 fully saturated rings. The zero-order valence-corrected chi connectivity index (χ0v) is 15.9. The summed E-state index contributed by atoms with van der Waals surface area (Å²) in [5.74, 6) is -1.49. The van der Waals surface area contributed by atoms with Crippen LogP contribution in [-0.2, 0) is 14.8 Å². The Bertz CT molecular complexity index is 981. The van der Waals surface area contributed by atoms with Crippen molar-refractivity contribution < 1.29 is 22.8 Å². The number of carbonyl (C=O) groups is 3. The number of rotatable bonds is 6. The molecule has 1 amide bonds. The minimum Gasteiger partial charge on any atom is -0.296 e. The summed E-state index contributed by atoms with van der Waals surface area (Å²) in [6.07, 6.45) is 3.73. The first-order valence-corrected chi connectivity index (χ1v) is 10.5. The molecule has 1 aliphatic rings. The Morgan fingerprint density at radius 1 is 0.964 bits per heavy atom. The van der Waals surface area contributed by atoms with Crippen molar-refractivity contribution in [1.29, 1.82) is 0 Å². The first-order chi connectivity index (χ1) is 13.4. The molecule has 1 heterocycles. The monoisotopic (exact) mass is 400 g/mol. The summed E-state index contributed by atoms with van der Waals surface area (Å²) in [5.41, 5.74) is 0.401. The van der Waals surface area contributed by atoms with Crippen molar-refractivity contribution in [2.24, 2.45) is 11.8 Å². The van der Waals surface area contributed by atoms with Gasteiger partial charge in [0.05, 0.1) is 4.90 Å². The van der Waals surface area contributed by atoms with Crippen LogP contribution in [0.25, 0.3) is 0 Å². The number of carbonyl (C=O) groups excluding carboxylic acids is 3. The van der Waals surface area contributed by atoms with Crippen LogP contribution < -0.4 is 4.72 Å². The molecule has 28 heavy (non-hydrogen) atoms. The number of nitrogens with zero attached hydrogens (tertiary/aromatic N) is 1. The number of aldehydes is 1. The fourth-order valence-electron chi connectivity index (χ4n) is 3.43. The van der Waals surface area contributed by atoms with Crippen LogP contribution in [0.2, 0.25) is 0 Å². The third-order valence-electron chi connectivity index (χ3n) is 4.97. The molecule has 1 aliphatic carbocycles. The maximum atomic E-state index is 12.7. The minimum atomic E-state index is -3.90. The van der Waals surface area contributed by atoms with Crippen molar-refractivity contribution in [2.75, 3.05) is 0 Å². The van der Waals surface area contributed by atoms with E-state index in [4.69, 9.17) is 0 Å². The number of hydrogen-bond acceptors (Lipinski definition) is 6. The lowest BCUT2D eigenvalue weighted by Gasteiger charge is -2.27. The van der Waals surface area contributed by atoms with Gasteiger partial charge in [-0.2, -0.15) is 0 Å². The maximum absolute atomic E-state index is 12.7. The topological polar surface area (TPSA) is 110 Å². The van der Waals surface area contributed by atoms with Gasteiger partial charge in [-0.1, -0.05) is 18.2 Å². The minimum absolute atomic E-state index is 0.0326. The predicted molar refractivity (Wildman–Crippen MR) is 101 cm³/mol. The average molecular weight is 400 g/mol. The molecule has 1 aromatic carbocycles. The van der Waals surface area contributed by atoms with Crippen molar-refractivity contribution in [3.8, 4) is 0 Å². The molecule has 1 aromatic heterocycles. The summed E-state index contributed by atoms with van der Waals surface area (Å²) in [5, 5.41) is 0. The summed E-state index contributed by atoms with van der Waals surface area (Å²) in [4.78, 5) is 40.1. The molecule has 0 atom stereocenters. The standard InChI is InChI=1S/C20H20N2O5S/c23-13-18-17(7-4-12-21-18)19(24)14-8-10-15(11-9-14)20(25)22-28(26,27)16-5-2-1-3-6-16/h1-7,12-15H,8-11H2,(H,22,25). The zero-order valence-electron chi connectivity index (χ0n) is 15.1. The van der Waals surface area contributed by atoms with Gasteiger partial charge in [-0.15, -0.1) is 0 Å². The van der Waals surface area contributed by atoms with Crippen LogP contribution in [0.4, 0.5) is 0 Å². The lowest BCUT2D eigenvalue weighted by atomic mass is 9.78. The maximum Gasteiger partial charge on any atom is 0.264 e. The van der Waals surface area contributed by atoms with E-state index in [0.29, 0.717) is 32.0 Å². The number of Topliss-reactive ketones (excluding diaryl/α,β-unsaturated/α-hetero) is 1. The third kappa shape index (κ3) is 4.33. The summed E-state index contributed by atoms with van der Waals surface area (Å²) in [6.45, 7) is 0. The Balaban J connectivity index is 1.61. The van der Waals surface area contributed by atoms with E-state index < -0.39 is 21.8 Å². The average Bonchev–Trinajstić information content (AvgIpc) is 2.73. The Morgan fingerprint density at radius 2 is 1.61 bits per heavy atom. The van der Waals surface area contributed by atoms with E-state index in [2.05, 4.69) is 9.71 Å². The van der Waals surface area contributed by atoms with E-state index >= 15 is 0 Å². The molecule has 1 saturated carbocycles. The van der Waals surface area contributed by atoms with Gasteiger partial charge in [-0.3, -0.25) is 19.4 Å². The van der Waals surface area contributed by atoms with Gasteiger partial charge in [0.1, 0.15) is 5.69 Å². The highest BCUT2D eigenvalue weighted by atomic mass is 32.2. The molecule has 146 valence electrons. The number of ketones is 1. The van der Waals surface area contributed by atoms with E-state index in [1.54, 1.807) is 30.3 Å². The van der Waals surface area contributed by atoms with E-state index in [1.807, 2.05) is 0 Å². The third-order valence-corrected chi connectivity index (χ3v) is 6.34. The van der Waals surface area contributed by atoms with E-state index in [0.717, 1.165) is 0 Å². The van der Waals surface area contributed by atoms with Gasteiger partial charge in [0, 0.05) is 23.6 Å². The molecule has 0 radical (unpaired) electrons. The Morgan fingerprint density at radius 3 is 2.25 bits per heavy atom. The molecular weight excluding hydrogens is 380 g/mol. The molecule has 0 bridgehead atoms. The van der Waals surface area contributed by atoms with Crippen LogP contribution in [0.15, 0.2) is 53.6 Å². The van der Waals surface area contributed by atoms with Crippen molar-refractivity contribution in [3.63, 3.8) is 0 Å². The van der Waals surface area contributed by atoms with Crippen LogP contribution in [0.5, 0.6) is 0 Å². The Kier molecular flexibility index (Phi) is 5.99. The van der Waals surface area contributed by atoms with Gasteiger partial charge in [0.2, 0.25) is 5.91 Å². The van der Waals surface area contributed by atoms with Crippen molar-refractivity contribution in [3.05, 3.63) is 59.9 Å². The van der Waals surface area contributed by atoms with E-state index in [-0.39, 0.29) is 27.9 Å². The molecule has 0 unspecified atom stereocenters. The first kappa shape index (κ1) is 19.9. The Hall–Kier alpha value is -2.87. The quantitative estimate of drug-likeness (QED) is 0.589. The molecule has 3 rings (SSSR count). The zero-order chi connectivity index (χ0) is 20.1. The summed E-state index contributed by atoms with van der Waals surface area (Å²) >= 11 is 0. The van der Waals surface area contributed by atoms with Gasteiger partial charge < -0.3 is 0 Å². The lowest BCUT2D eigenvalue weighted by molar-refractivity contribution is -0.124. The molecule has 7 nitrogen and oxygen atoms in total. The molecule has 8 heteroatoms. The number of sulfonamides is 1. The number of hydrogen-bond donors (Lipinski definition) is 1. The van der Waals surface area contributed by atoms with Crippen molar-refractivity contribution in [1.82, 2.24) is 9.71 Å². The van der Waals surface area contributed by atoms with Gasteiger partial charge in [-0.25, -0.2) is 13.1 Å². The molecule has 0 aliphatic heterocycles. The van der Waals surface area contributed by atoms with Crippen LogP contribution in [0.1, 0.15) is 46.5 Å². The van der Waals surface area contributed by atoms with Crippen LogP contribution in [-0.4, -0.2) is 31.4 Å². The second kappa shape index (κ2) is 8.43. The second-order valence-electron chi connectivity index (χ2n) is 6.75. The van der Waals surface area contributed by atoms with E-state index in [9.17, 15) is 22.8 Å². The van der Waals surface area contributed by atoms with Crippen molar-refractivity contribution in [2.45, 2.75) is 30.6 Å². The van der Waals surface area contributed by atoms with Gasteiger partial charge in [0.15, 0.2) is 12.1 Å². The van der Waals surface area contributed by atoms with Gasteiger partial charge >= 0.3 is 0 Å². The highest BCUT2D eigenvalue weighted by molar-refractivity contribution is 7.90. The number of nitrogens with one attached hydrogen (secondary N) is 1. The predicted octanol–water partition coefficient (Wildman–Crippen LogP) is 2.39. The number of amides is 1. The Labute approximate surface area is 163 Å². The fourth-order valence-corrected chi connectivity index (χ4v) is 4.50. The SMILES string of the molecule is O=Cc1ncccc1C(=O)C1CCC(C(=O)NS(=O)(=O)c2ccccc2)CC1. The summed E-state index contributed by atoms with van der Waals surface area (Å²) in [6, 6.07) is 10.9. The molecule has 0 saturated heterocycles. The van der Waals surface area contributed by atoms with Crippen LogP contribution in [0.3, 0.4) is 0 Å². The normalized spacial score (nSPS) is 19.6. The number of pyridine rings is 1. The molecule has 1 N–H and O–H groups in total. The number of aromatic nitrogens is 1. The first-order valence-electron chi connectivity index (χ1n) is 8.98. The highest BCUT2D eigenvalue weighted by Gasteiger charge is 2.32. The molecule has 0 spiro atoms. The van der Waals surface area contributed by atoms with Crippen LogP contribution in [0, 0.1) is 11.8 Å². The smallest absolute Gasteiger partial charge is 0.264 e. The molecule has 2 aromatic rings. The van der Waals surface area contributed by atoms with Crippen molar-refractivity contribution >= 4 is 28.0 Å². The van der Waals surface area contributed by atoms with Crippen LogP contribution >= 0.6 is 0 Å². The lowest BCUT2D eigenvalue weighted by Crippen LogP contribution is -2.38. The van der Waals surface area contributed by atoms with Gasteiger partial charge in [-0.05, 0) is 49.9 Å².